The van der Waals surface area contributed by atoms with Crippen LogP contribution in [-0.4, -0.2) is 14.8 Å². The van der Waals surface area contributed by atoms with Gasteiger partial charge in [0.25, 0.3) is 0 Å². The molecular weight excluding hydrogens is 212 g/mol. The van der Waals surface area contributed by atoms with E-state index < -0.39 is 0 Å². The van der Waals surface area contributed by atoms with Gasteiger partial charge in [-0.15, -0.1) is 0 Å². The van der Waals surface area contributed by atoms with Gasteiger partial charge in [-0.1, -0.05) is 18.2 Å². The van der Waals surface area contributed by atoms with E-state index in [1.165, 1.54) is 0 Å². The van der Waals surface area contributed by atoms with Crippen molar-refractivity contribution in [2.45, 2.75) is 6.92 Å². The first-order valence-electron chi connectivity index (χ1n) is 5.33. The fourth-order valence-corrected chi connectivity index (χ4v) is 1.95. The Morgan fingerprint density at radius 2 is 2.12 bits per heavy atom. The first kappa shape index (κ1) is 9.67. The molecule has 3 rings (SSSR count). The summed E-state index contributed by atoms with van der Waals surface area (Å²) in [6, 6.07) is 11.9. The molecule has 0 aliphatic carbocycles. The summed E-state index contributed by atoms with van der Waals surface area (Å²) in [5.74, 6) is 0.724. The van der Waals surface area contributed by atoms with Crippen LogP contribution in [0.5, 0.6) is 0 Å². The summed E-state index contributed by atoms with van der Waals surface area (Å²) in [6.45, 7) is 1.92. The Morgan fingerprint density at radius 1 is 1.29 bits per heavy atom. The fraction of sp³-hybridized carbons (Fsp3) is 0.0769. The number of benzene rings is 1. The van der Waals surface area contributed by atoms with Gasteiger partial charge in [-0.3, -0.25) is 0 Å². The van der Waals surface area contributed by atoms with E-state index >= 15 is 0 Å². The summed E-state index contributed by atoms with van der Waals surface area (Å²) >= 11 is 0. The number of rotatable bonds is 1. The highest BCUT2D eigenvalue weighted by atomic mass is 15.3. The van der Waals surface area contributed by atoms with E-state index in [2.05, 4.69) is 16.2 Å². The van der Waals surface area contributed by atoms with Gasteiger partial charge in [-0.05, 0) is 19.1 Å². The van der Waals surface area contributed by atoms with Gasteiger partial charge in [0.1, 0.15) is 11.6 Å². The molecule has 1 N–H and O–H groups in total. The molecule has 1 aromatic carbocycles. The number of hydrogen-bond acceptors (Lipinski definition) is 2. The first-order chi connectivity index (χ1) is 8.29. The monoisotopic (exact) mass is 222 g/mol. The molecule has 2 heterocycles. The molecule has 0 unspecified atom stereocenters. The molecule has 82 valence electrons. The molecule has 0 amide bonds. The Kier molecular flexibility index (Phi) is 1.99. The van der Waals surface area contributed by atoms with Gasteiger partial charge < -0.3 is 4.98 Å². The lowest BCUT2D eigenvalue weighted by molar-refractivity contribution is 0.839. The van der Waals surface area contributed by atoms with Crippen LogP contribution in [0, 0.1) is 18.3 Å². The van der Waals surface area contributed by atoms with Gasteiger partial charge in [-0.2, -0.15) is 10.4 Å². The maximum Gasteiger partial charge on any atom is 0.150 e. The van der Waals surface area contributed by atoms with Crippen LogP contribution in [0.25, 0.3) is 16.7 Å². The van der Waals surface area contributed by atoms with Gasteiger partial charge in [0, 0.05) is 17.1 Å². The summed E-state index contributed by atoms with van der Waals surface area (Å²) in [5, 5.41) is 14.5. The molecule has 0 fully saturated rings. The zero-order chi connectivity index (χ0) is 11.8. The van der Waals surface area contributed by atoms with Crippen molar-refractivity contribution < 1.29 is 0 Å². The molecule has 0 atom stereocenters. The summed E-state index contributed by atoms with van der Waals surface area (Å²) < 4.78 is 1.70. The molecule has 17 heavy (non-hydrogen) atoms. The predicted molar refractivity (Wildman–Crippen MR) is 64.9 cm³/mol. The number of nitrogens with one attached hydrogen (secondary N) is 1. The van der Waals surface area contributed by atoms with Gasteiger partial charge in [0.15, 0.2) is 5.82 Å². The standard InChI is InChI=1S/C13H10N4/c1-9-6-7-17(16-9)13-11(8-14)10-4-2-3-5-12(10)15-13/h2-7,15H,1H3. The van der Waals surface area contributed by atoms with Crippen LogP contribution in [-0.2, 0) is 0 Å². The molecule has 3 aromatic rings. The molecule has 0 aliphatic rings. The van der Waals surface area contributed by atoms with E-state index in [4.69, 9.17) is 0 Å². The Hall–Kier alpha value is -2.54. The van der Waals surface area contributed by atoms with E-state index in [1.54, 1.807) is 4.68 Å². The van der Waals surface area contributed by atoms with E-state index in [1.807, 2.05) is 43.5 Å². The maximum atomic E-state index is 9.26. The van der Waals surface area contributed by atoms with E-state index in [0.29, 0.717) is 5.56 Å². The summed E-state index contributed by atoms with van der Waals surface area (Å²) in [5.41, 5.74) is 2.50. The molecule has 0 saturated heterocycles. The van der Waals surface area contributed by atoms with Crippen molar-refractivity contribution in [3.8, 4) is 11.9 Å². The van der Waals surface area contributed by atoms with Crippen LogP contribution in [0.4, 0.5) is 0 Å². The fourth-order valence-electron chi connectivity index (χ4n) is 1.95. The Morgan fingerprint density at radius 3 is 2.82 bits per heavy atom. The number of H-pyrrole nitrogens is 1. The van der Waals surface area contributed by atoms with Gasteiger partial charge in [0.05, 0.1) is 5.69 Å². The molecule has 0 radical (unpaired) electrons. The molecule has 4 nitrogen and oxygen atoms in total. The Balaban J connectivity index is 2.34. The van der Waals surface area contributed by atoms with E-state index in [-0.39, 0.29) is 0 Å². The largest absolute Gasteiger partial charge is 0.339 e. The van der Waals surface area contributed by atoms with Crippen molar-refractivity contribution >= 4 is 10.9 Å². The number of aromatic nitrogens is 3. The summed E-state index contributed by atoms with van der Waals surface area (Å²) in [6.07, 6.45) is 1.85. The highest BCUT2D eigenvalue weighted by Crippen LogP contribution is 2.23. The molecule has 0 spiro atoms. The third-order valence-corrected chi connectivity index (χ3v) is 2.75. The van der Waals surface area contributed by atoms with Gasteiger partial charge >= 0.3 is 0 Å². The minimum Gasteiger partial charge on any atom is -0.339 e. The Labute approximate surface area is 98.1 Å². The predicted octanol–water partition coefficient (Wildman–Crippen LogP) is 2.53. The third kappa shape index (κ3) is 1.41. The van der Waals surface area contributed by atoms with Crippen LogP contribution >= 0.6 is 0 Å². The molecule has 0 bridgehead atoms. The van der Waals surface area contributed by atoms with Crippen molar-refractivity contribution in [3.63, 3.8) is 0 Å². The average Bonchev–Trinajstić information content (AvgIpc) is 2.91. The van der Waals surface area contributed by atoms with Crippen molar-refractivity contribution in [2.24, 2.45) is 0 Å². The number of nitriles is 1. The second-order valence-electron chi connectivity index (χ2n) is 3.91. The number of fused-ring (bicyclic) bond motifs is 1. The number of aryl methyl sites for hydroxylation is 1. The summed E-state index contributed by atoms with van der Waals surface area (Å²) in [7, 11) is 0. The number of nitrogens with zero attached hydrogens (tertiary/aromatic N) is 3. The van der Waals surface area contributed by atoms with Gasteiger partial charge in [0.2, 0.25) is 0 Å². The Bertz CT molecular complexity index is 727. The van der Waals surface area contributed by atoms with Crippen molar-refractivity contribution in [3.05, 3.63) is 47.8 Å². The van der Waals surface area contributed by atoms with Crippen molar-refractivity contribution in [2.75, 3.05) is 0 Å². The van der Waals surface area contributed by atoms with Gasteiger partial charge in [-0.25, -0.2) is 4.68 Å². The zero-order valence-corrected chi connectivity index (χ0v) is 9.31. The normalized spacial score (nSPS) is 10.6. The number of para-hydroxylation sites is 1. The smallest absolute Gasteiger partial charge is 0.150 e. The van der Waals surface area contributed by atoms with Crippen LogP contribution < -0.4 is 0 Å². The average molecular weight is 222 g/mol. The highest BCUT2D eigenvalue weighted by molar-refractivity contribution is 5.89. The second-order valence-corrected chi connectivity index (χ2v) is 3.91. The van der Waals surface area contributed by atoms with Crippen LogP contribution in [0.3, 0.4) is 0 Å². The molecule has 4 heteroatoms. The third-order valence-electron chi connectivity index (χ3n) is 2.75. The minimum atomic E-state index is 0.628. The van der Waals surface area contributed by atoms with Crippen LogP contribution in [0.15, 0.2) is 36.5 Å². The summed E-state index contributed by atoms with van der Waals surface area (Å²) in [4.78, 5) is 3.22. The highest BCUT2D eigenvalue weighted by Gasteiger charge is 2.12. The first-order valence-corrected chi connectivity index (χ1v) is 5.33. The molecular formula is C13H10N4. The minimum absolute atomic E-state index is 0.628. The van der Waals surface area contributed by atoms with Crippen LogP contribution in [0.1, 0.15) is 11.3 Å². The second kappa shape index (κ2) is 3.49. The molecule has 2 aromatic heterocycles. The quantitative estimate of drug-likeness (QED) is 0.687. The van der Waals surface area contributed by atoms with Crippen molar-refractivity contribution in [1.82, 2.24) is 14.8 Å². The zero-order valence-electron chi connectivity index (χ0n) is 9.31. The van der Waals surface area contributed by atoms with E-state index in [9.17, 15) is 5.26 Å². The van der Waals surface area contributed by atoms with E-state index in [0.717, 1.165) is 22.4 Å². The van der Waals surface area contributed by atoms with Crippen LogP contribution in [0.2, 0.25) is 0 Å². The SMILES string of the molecule is Cc1ccn(-c2[nH]c3ccccc3c2C#N)n1. The molecule has 0 saturated carbocycles. The molecule has 0 aliphatic heterocycles. The maximum absolute atomic E-state index is 9.26. The lowest BCUT2D eigenvalue weighted by atomic mass is 10.2. The number of hydrogen-bond donors (Lipinski definition) is 1. The van der Waals surface area contributed by atoms with Crippen molar-refractivity contribution in [1.29, 1.82) is 5.26 Å². The number of aromatic amines is 1. The lowest BCUT2D eigenvalue weighted by Crippen LogP contribution is -1.97. The lowest BCUT2D eigenvalue weighted by Gasteiger charge is -1.97. The topological polar surface area (TPSA) is 57.4 Å².